The quantitative estimate of drug-likeness (QED) is 0.353. The third-order valence-electron chi connectivity index (χ3n) is 4.67. The van der Waals surface area contributed by atoms with Crippen molar-refractivity contribution in [2.75, 3.05) is 53.2 Å². The van der Waals surface area contributed by atoms with E-state index in [-0.39, 0.29) is 6.10 Å². The number of nitrogens with zero attached hydrogens (tertiary/aromatic N) is 1. The van der Waals surface area contributed by atoms with Crippen molar-refractivity contribution in [2.24, 2.45) is 10.9 Å². The molecule has 0 saturated carbocycles. The van der Waals surface area contributed by atoms with Crippen LogP contribution in [0.1, 0.15) is 37.9 Å². The Morgan fingerprint density at radius 2 is 2.00 bits per heavy atom. The van der Waals surface area contributed by atoms with Gasteiger partial charge in [0.2, 0.25) is 0 Å². The van der Waals surface area contributed by atoms with E-state index in [0.29, 0.717) is 12.5 Å². The third-order valence-corrected chi connectivity index (χ3v) is 4.67. The van der Waals surface area contributed by atoms with Gasteiger partial charge in [0, 0.05) is 46.6 Å². The summed E-state index contributed by atoms with van der Waals surface area (Å²) >= 11 is 0. The Balaban J connectivity index is 1.66. The second kappa shape index (κ2) is 13.5. The summed E-state index contributed by atoms with van der Waals surface area (Å²) < 4.78 is 16.8. The van der Waals surface area contributed by atoms with Gasteiger partial charge in [-0.3, -0.25) is 4.99 Å². The summed E-state index contributed by atoms with van der Waals surface area (Å²) in [6.07, 6.45) is 3.17. The second-order valence-corrected chi connectivity index (χ2v) is 6.77. The number of hydrogen-bond acceptors (Lipinski definition) is 4. The van der Waals surface area contributed by atoms with Crippen LogP contribution in [0.5, 0.6) is 0 Å². The van der Waals surface area contributed by atoms with Crippen molar-refractivity contribution < 1.29 is 14.2 Å². The van der Waals surface area contributed by atoms with Crippen LogP contribution >= 0.6 is 0 Å². The predicted octanol–water partition coefficient (Wildman–Crippen LogP) is 2.76. The lowest BCUT2D eigenvalue weighted by Gasteiger charge is -2.21. The Labute approximate surface area is 163 Å². The Hall–Kier alpha value is -1.63. The molecule has 1 atom stereocenters. The fourth-order valence-corrected chi connectivity index (χ4v) is 3.04. The summed E-state index contributed by atoms with van der Waals surface area (Å²) in [7, 11) is 1.73. The Morgan fingerprint density at radius 3 is 2.70 bits per heavy atom. The highest BCUT2D eigenvalue weighted by Gasteiger charge is 2.13. The van der Waals surface area contributed by atoms with Gasteiger partial charge >= 0.3 is 0 Å². The minimum Gasteiger partial charge on any atom is -0.381 e. The van der Waals surface area contributed by atoms with Crippen molar-refractivity contribution in [1.82, 2.24) is 10.6 Å². The van der Waals surface area contributed by atoms with E-state index in [2.05, 4.69) is 34.7 Å². The van der Waals surface area contributed by atoms with Crippen molar-refractivity contribution in [2.45, 2.75) is 32.3 Å². The predicted molar refractivity (Wildman–Crippen MR) is 109 cm³/mol. The highest BCUT2D eigenvalue weighted by Crippen LogP contribution is 2.16. The number of aliphatic imine (C=N–C) groups is 1. The minimum atomic E-state index is -0.0375. The van der Waals surface area contributed by atoms with Crippen LogP contribution in [0.25, 0.3) is 0 Å². The highest BCUT2D eigenvalue weighted by atomic mass is 16.5. The molecule has 1 heterocycles. The molecule has 1 unspecified atom stereocenters. The van der Waals surface area contributed by atoms with Gasteiger partial charge in [-0.05, 0) is 37.7 Å². The van der Waals surface area contributed by atoms with Crippen LogP contribution < -0.4 is 10.6 Å². The van der Waals surface area contributed by atoms with E-state index in [0.717, 1.165) is 70.3 Å². The molecule has 0 bridgehead atoms. The second-order valence-electron chi connectivity index (χ2n) is 6.77. The third kappa shape index (κ3) is 8.73. The number of hydrogen-bond donors (Lipinski definition) is 2. The number of ether oxygens (including phenoxy) is 3. The summed E-state index contributed by atoms with van der Waals surface area (Å²) in [6.45, 7) is 7.69. The maximum Gasteiger partial charge on any atom is 0.191 e. The van der Waals surface area contributed by atoms with Gasteiger partial charge in [0.1, 0.15) is 6.10 Å². The fourth-order valence-electron chi connectivity index (χ4n) is 3.04. The lowest BCUT2D eigenvalue weighted by atomic mass is 10.0. The average Bonchev–Trinajstić information content (AvgIpc) is 2.72. The normalized spacial score (nSPS) is 16.9. The zero-order valence-corrected chi connectivity index (χ0v) is 16.8. The first-order valence-electron chi connectivity index (χ1n) is 10.1. The van der Waals surface area contributed by atoms with Gasteiger partial charge in [0.05, 0.1) is 6.54 Å². The van der Waals surface area contributed by atoms with Crippen LogP contribution in [-0.2, 0) is 14.2 Å². The van der Waals surface area contributed by atoms with Crippen molar-refractivity contribution in [3.8, 4) is 0 Å². The molecule has 1 aliphatic rings. The SMILES string of the molecule is CCNC(=NCC(OC)c1ccccc1)NCCCOCC1CCOCC1. The summed E-state index contributed by atoms with van der Waals surface area (Å²) in [4.78, 5) is 4.67. The minimum absolute atomic E-state index is 0.0375. The highest BCUT2D eigenvalue weighted by molar-refractivity contribution is 5.79. The molecule has 2 rings (SSSR count). The van der Waals surface area contributed by atoms with Crippen LogP contribution in [0.3, 0.4) is 0 Å². The van der Waals surface area contributed by atoms with Gasteiger partial charge in [0.25, 0.3) is 0 Å². The molecule has 0 radical (unpaired) electrons. The number of methoxy groups -OCH3 is 1. The van der Waals surface area contributed by atoms with Crippen molar-refractivity contribution in [3.63, 3.8) is 0 Å². The van der Waals surface area contributed by atoms with Crippen LogP contribution in [0, 0.1) is 5.92 Å². The zero-order valence-electron chi connectivity index (χ0n) is 16.8. The van der Waals surface area contributed by atoms with Crippen LogP contribution in [0.2, 0.25) is 0 Å². The number of rotatable bonds is 11. The molecule has 152 valence electrons. The first-order chi connectivity index (χ1) is 13.3. The lowest BCUT2D eigenvalue weighted by molar-refractivity contribution is 0.0203. The lowest BCUT2D eigenvalue weighted by Crippen LogP contribution is -2.38. The van der Waals surface area contributed by atoms with E-state index >= 15 is 0 Å². The van der Waals surface area contributed by atoms with E-state index in [4.69, 9.17) is 14.2 Å². The molecule has 27 heavy (non-hydrogen) atoms. The molecule has 2 N–H and O–H groups in total. The average molecular weight is 378 g/mol. The van der Waals surface area contributed by atoms with Gasteiger partial charge < -0.3 is 24.8 Å². The molecule has 1 aromatic carbocycles. The Morgan fingerprint density at radius 1 is 1.22 bits per heavy atom. The molecule has 6 heteroatoms. The van der Waals surface area contributed by atoms with Gasteiger partial charge in [-0.15, -0.1) is 0 Å². The zero-order chi connectivity index (χ0) is 19.2. The van der Waals surface area contributed by atoms with Crippen LogP contribution in [0.4, 0.5) is 0 Å². The Bertz CT molecular complexity index is 519. The van der Waals surface area contributed by atoms with E-state index in [1.807, 2.05) is 18.2 Å². The monoisotopic (exact) mass is 377 g/mol. The molecule has 0 amide bonds. The topological polar surface area (TPSA) is 64.1 Å². The molecular weight excluding hydrogens is 342 g/mol. The molecule has 1 aromatic rings. The first-order valence-corrected chi connectivity index (χ1v) is 10.1. The molecular formula is C21H35N3O3. The summed E-state index contributed by atoms with van der Waals surface area (Å²) in [5.74, 6) is 1.48. The van der Waals surface area contributed by atoms with E-state index in [9.17, 15) is 0 Å². The summed E-state index contributed by atoms with van der Waals surface area (Å²) in [5.41, 5.74) is 1.14. The number of nitrogens with one attached hydrogen (secondary N) is 2. The largest absolute Gasteiger partial charge is 0.381 e. The fraction of sp³-hybridized carbons (Fsp3) is 0.667. The number of guanidine groups is 1. The van der Waals surface area contributed by atoms with Crippen molar-refractivity contribution in [3.05, 3.63) is 35.9 Å². The summed E-state index contributed by atoms with van der Waals surface area (Å²) in [5, 5.41) is 6.66. The van der Waals surface area contributed by atoms with Gasteiger partial charge in [0.15, 0.2) is 5.96 Å². The molecule has 1 aliphatic heterocycles. The maximum atomic E-state index is 5.81. The van der Waals surface area contributed by atoms with Crippen LogP contribution in [0.15, 0.2) is 35.3 Å². The maximum absolute atomic E-state index is 5.81. The van der Waals surface area contributed by atoms with Gasteiger partial charge in [-0.25, -0.2) is 0 Å². The van der Waals surface area contributed by atoms with E-state index < -0.39 is 0 Å². The molecule has 6 nitrogen and oxygen atoms in total. The van der Waals surface area contributed by atoms with E-state index in [1.54, 1.807) is 7.11 Å². The number of benzene rings is 1. The van der Waals surface area contributed by atoms with Crippen molar-refractivity contribution >= 4 is 5.96 Å². The standard InChI is InChI=1S/C21H35N3O3/c1-3-22-21(24-16-20(25-2)19-8-5-4-6-9-19)23-12-7-13-27-17-18-10-14-26-15-11-18/h4-6,8-9,18,20H,3,7,10-17H2,1-2H3,(H2,22,23,24). The van der Waals surface area contributed by atoms with Crippen molar-refractivity contribution in [1.29, 1.82) is 0 Å². The molecule has 0 spiro atoms. The first kappa shape index (κ1) is 21.7. The van der Waals surface area contributed by atoms with Crippen LogP contribution in [-0.4, -0.2) is 59.1 Å². The van der Waals surface area contributed by atoms with Gasteiger partial charge in [-0.1, -0.05) is 30.3 Å². The molecule has 1 saturated heterocycles. The smallest absolute Gasteiger partial charge is 0.191 e. The summed E-state index contributed by atoms with van der Waals surface area (Å²) in [6, 6.07) is 10.2. The molecule has 0 aliphatic carbocycles. The van der Waals surface area contributed by atoms with E-state index in [1.165, 1.54) is 0 Å². The molecule has 1 fully saturated rings. The molecule has 0 aromatic heterocycles. The van der Waals surface area contributed by atoms with Gasteiger partial charge in [-0.2, -0.15) is 0 Å². The Kier molecular flexibility index (Phi) is 10.9.